The van der Waals surface area contributed by atoms with Gasteiger partial charge in [-0.1, -0.05) is 18.5 Å². The van der Waals surface area contributed by atoms with Crippen LogP contribution >= 0.6 is 11.6 Å². The molecule has 0 aliphatic rings. The van der Waals surface area contributed by atoms with Crippen LogP contribution in [0.2, 0.25) is 5.02 Å². The van der Waals surface area contributed by atoms with E-state index in [0.29, 0.717) is 10.6 Å². The van der Waals surface area contributed by atoms with Crippen molar-refractivity contribution in [3.05, 3.63) is 51.4 Å². The van der Waals surface area contributed by atoms with Crippen molar-refractivity contribution in [2.75, 3.05) is 0 Å². The van der Waals surface area contributed by atoms with Crippen LogP contribution in [0, 0.1) is 0 Å². The van der Waals surface area contributed by atoms with Crippen LogP contribution in [0.15, 0.2) is 35.3 Å². The molecule has 0 aliphatic heterocycles. The van der Waals surface area contributed by atoms with E-state index in [1.807, 2.05) is 0 Å². The summed E-state index contributed by atoms with van der Waals surface area (Å²) in [5.74, 6) is -1.69. The quantitative estimate of drug-likeness (QED) is 0.765. The largest absolute Gasteiger partial charge is 0.480 e. The second-order valence-electron chi connectivity index (χ2n) is 5.43. The number of halogens is 1. The first kappa shape index (κ1) is 17.7. The van der Waals surface area contributed by atoms with Crippen molar-refractivity contribution in [1.82, 2.24) is 15.3 Å². The second-order valence-corrected chi connectivity index (χ2v) is 5.86. The van der Waals surface area contributed by atoms with Gasteiger partial charge in [0.15, 0.2) is 0 Å². The van der Waals surface area contributed by atoms with E-state index in [9.17, 15) is 19.5 Å². The predicted molar refractivity (Wildman–Crippen MR) is 89.1 cm³/mol. The molecule has 7 nitrogen and oxygen atoms in total. The van der Waals surface area contributed by atoms with E-state index in [1.165, 1.54) is 6.92 Å². The summed E-state index contributed by atoms with van der Waals surface area (Å²) in [6.45, 7) is 3.00. The number of carbonyl (C=O) groups excluding carboxylic acids is 1. The third kappa shape index (κ3) is 3.62. The van der Waals surface area contributed by atoms with Crippen molar-refractivity contribution >= 4 is 23.5 Å². The molecule has 1 aromatic heterocycles. The van der Waals surface area contributed by atoms with E-state index in [-0.39, 0.29) is 17.8 Å². The number of benzene rings is 1. The number of carboxylic acids is 1. The van der Waals surface area contributed by atoms with Gasteiger partial charge in [-0.25, -0.2) is 9.78 Å². The molecule has 0 fully saturated rings. The van der Waals surface area contributed by atoms with Gasteiger partial charge in [-0.15, -0.1) is 0 Å². The lowest BCUT2D eigenvalue weighted by molar-refractivity contribution is -0.143. The Labute approximate surface area is 142 Å². The Morgan fingerprint density at radius 2 is 1.96 bits per heavy atom. The minimum Gasteiger partial charge on any atom is -0.480 e. The van der Waals surface area contributed by atoms with Crippen LogP contribution in [0.5, 0.6) is 0 Å². The Hall–Kier alpha value is -2.67. The number of hydrogen-bond acceptors (Lipinski definition) is 4. The van der Waals surface area contributed by atoms with Crippen molar-refractivity contribution in [3.8, 4) is 11.4 Å². The van der Waals surface area contributed by atoms with Crippen LogP contribution in [-0.2, 0) is 4.79 Å². The van der Waals surface area contributed by atoms with E-state index in [4.69, 9.17) is 11.6 Å². The zero-order valence-electron chi connectivity index (χ0n) is 13.1. The Bertz CT molecular complexity index is 832. The Morgan fingerprint density at radius 1 is 1.33 bits per heavy atom. The zero-order chi connectivity index (χ0) is 17.9. The first-order chi connectivity index (χ1) is 11.3. The number of aromatic amines is 1. The predicted octanol–water partition coefficient (Wildman–Crippen LogP) is 2.07. The minimum absolute atomic E-state index is 0.169. The molecule has 1 aromatic carbocycles. The average Bonchev–Trinajstić information content (AvgIpc) is 2.54. The van der Waals surface area contributed by atoms with Crippen molar-refractivity contribution in [3.63, 3.8) is 0 Å². The maximum absolute atomic E-state index is 12.2. The third-order valence-electron chi connectivity index (χ3n) is 3.73. The molecule has 0 aliphatic carbocycles. The molecule has 0 saturated carbocycles. The SMILES string of the molecule is CCC(C)(NC(=O)c1cnc(-c2ccc(Cl)cc2)[nH]c1=O)C(=O)O. The number of amides is 1. The lowest BCUT2D eigenvalue weighted by Gasteiger charge is -2.24. The molecule has 1 unspecified atom stereocenters. The van der Waals surface area contributed by atoms with Crippen LogP contribution in [0.1, 0.15) is 30.6 Å². The topological polar surface area (TPSA) is 112 Å². The number of carbonyl (C=O) groups is 2. The number of aliphatic carboxylic acids is 1. The monoisotopic (exact) mass is 349 g/mol. The van der Waals surface area contributed by atoms with Gasteiger partial charge in [0.05, 0.1) is 0 Å². The first-order valence-electron chi connectivity index (χ1n) is 7.18. The second kappa shape index (κ2) is 6.84. The van der Waals surface area contributed by atoms with E-state index >= 15 is 0 Å². The normalized spacial score (nSPS) is 13.1. The molecular formula is C16H16ClN3O4. The number of nitrogens with one attached hydrogen (secondary N) is 2. The van der Waals surface area contributed by atoms with Crippen molar-refractivity contribution in [2.45, 2.75) is 25.8 Å². The van der Waals surface area contributed by atoms with Gasteiger partial charge in [0.1, 0.15) is 16.9 Å². The summed E-state index contributed by atoms with van der Waals surface area (Å²) in [5.41, 5.74) is -1.74. The molecule has 0 saturated heterocycles. The van der Waals surface area contributed by atoms with Gasteiger partial charge < -0.3 is 15.4 Å². The average molecular weight is 350 g/mol. The van der Waals surface area contributed by atoms with Crippen LogP contribution < -0.4 is 10.9 Å². The number of hydrogen-bond donors (Lipinski definition) is 3. The fourth-order valence-electron chi connectivity index (χ4n) is 1.92. The van der Waals surface area contributed by atoms with Gasteiger partial charge >= 0.3 is 5.97 Å². The smallest absolute Gasteiger partial charge is 0.329 e. The molecule has 2 rings (SSSR count). The standard InChI is InChI=1S/C16H16ClN3O4/c1-3-16(2,15(23)24)20-14(22)11-8-18-12(19-13(11)21)9-4-6-10(17)7-5-9/h4-8H,3H2,1-2H3,(H,20,22)(H,23,24)(H,18,19,21). The third-order valence-corrected chi connectivity index (χ3v) is 3.98. The van der Waals surface area contributed by atoms with Crippen LogP contribution in [0.25, 0.3) is 11.4 Å². The summed E-state index contributed by atoms with van der Waals surface area (Å²) < 4.78 is 0. The Kier molecular flexibility index (Phi) is 5.04. The number of rotatable bonds is 5. The van der Waals surface area contributed by atoms with Gasteiger partial charge in [0.2, 0.25) is 0 Å². The Morgan fingerprint density at radius 3 is 2.46 bits per heavy atom. The highest BCUT2D eigenvalue weighted by Gasteiger charge is 2.33. The molecule has 1 amide bonds. The van der Waals surface area contributed by atoms with Gasteiger partial charge in [-0.2, -0.15) is 0 Å². The molecular weight excluding hydrogens is 334 g/mol. The molecule has 2 aromatic rings. The van der Waals surface area contributed by atoms with Crippen LogP contribution in [0.4, 0.5) is 0 Å². The summed E-state index contributed by atoms with van der Waals surface area (Å²) in [7, 11) is 0. The summed E-state index contributed by atoms with van der Waals surface area (Å²) in [5, 5.41) is 12.1. The highest BCUT2D eigenvalue weighted by molar-refractivity contribution is 6.30. The zero-order valence-corrected chi connectivity index (χ0v) is 13.8. The van der Waals surface area contributed by atoms with Gasteiger partial charge in [0.25, 0.3) is 11.5 Å². The fraction of sp³-hybridized carbons (Fsp3) is 0.250. The van der Waals surface area contributed by atoms with Gasteiger partial charge in [-0.3, -0.25) is 9.59 Å². The summed E-state index contributed by atoms with van der Waals surface area (Å²) in [6, 6.07) is 6.66. The van der Waals surface area contributed by atoms with E-state index in [1.54, 1.807) is 31.2 Å². The molecule has 8 heteroatoms. The van der Waals surface area contributed by atoms with Crippen molar-refractivity contribution in [2.24, 2.45) is 0 Å². The van der Waals surface area contributed by atoms with Crippen molar-refractivity contribution in [1.29, 1.82) is 0 Å². The number of aromatic nitrogens is 2. The molecule has 0 bridgehead atoms. The number of carboxylic acid groups (broad SMARTS) is 1. The molecule has 1 heterocycles. The Balaban J connectivity index is 2.30. The van der Waals surface area contributed by atoms with Gasteiger partial charge in [-0.05, 0) is 37.6 Å². The minimum atomic E-state index is -1.46. The van der Waals surface area contributed by atoms with Crippen LogP contribution in [-0.4, -0.2) is 32.5 Å². The molecule has 0 radical (unpaired) electrons. The fourth-order valence-corrected chi connectivity index (χ4v) is 2.05. The number of H-pyrrole nitrogens is 1. The van der Waals surface area contributed by atoms with Crippen molar-refractivity contribution < 1.29 is 14.7 Å². The van der Waals surface area contributed by atoms with Crippen LogP contribution in [0.3, 0.4) is 0 Å². The highest BCUT2D eigenvalue weighted by Crippen LogP contribution is 2.17. The molecule has 24 heavy (non-hydrogen) atoms. The molecule has 0 spiro atoms. The summed E-state index contributed by atoms with van der Waals surface area (Å²) >= 11 is 5.80. The van der Waals surface area contributed by atoms with E-state index < -0.39 is 23.0 Å². The summed E-state index contributed by atoms with van der Waals surface area (Å²) in [4.78, 5) is 42.1. The van der Waals surface area contributed by atoms with E-state index in [0.717, 1.165) is 6.20 Å². The highest BCUT2D eigenvalue weighted by atomic mass is 35.5. The van der Waals surface area contributed by atoms with E-state index in [2.05, 4.69) is 15.3 Å². The molecule has 1 atom stereocenters. The maximum atomic E-state index is 12.2. The number of nitrogens with zero attached hydrogens (tertiary/aromatic N) is 1. The summed E-state index contributed by atoms with van der Waals surface area (Å²) in [6.07, 6.45) is 1.29. The van der Waals surface area contributed by atoms with Gasteiger partial charge in [0, 0.05) is 16.8 Å². The molecule has 126 valence electrons. The molecule has 3 N–H and O–H groups in total. The lowest BCUT2D eigenvalue weighted by Crippen LogP contribution is -2.52. The first-order valence-corrected chi connectivity index (χ1v) is 7.56. The lowest BCUT2D eigenvalue weighted by atomic mass is 9.99. The maximum Gasteiger partial charge on any atom is 0.329 e.